The van der Waals surface area contributed by atoms with Gasteiger partial charge in [-0.3, -0.25) is 14.4 Å². The number of fused-ring (bicyclic) bond motifs is 1. The van der Waals surface area contributed by atoms with Crippen molar-refractivity contribution >= 4 is 33.7 Å². The van der Waals surface area contributed by atoms with E-state index in [2.05, 4.69) is 47.3 Å². The molecule has 3 aliphatic rings. The topological polar surface area (TPSA) is 108 Å². The van der Waals surface area contributed by atoms with Gasteiger partial charge in [0.1, 0.15) is 11.6 Å². The molecule has 0 saturated carbocycles. The van der Waals surface area contributed by atoms with E-state index in [0.717, 1.165) is 6.42 Å². The Morgan fingerprint density at radius 2 is 1.85 bits per heavy atom. The van der Waals surface area contributed by atoms with Crippen LogP contribution in [-0.4, -0.2) is 75.5 Å². The van der Waals surface area contributed by atoms with Crippen LogP contribution in [0.4, 0.5) is 0 Å². The minimum Gasteiger partial charge on any atom is -0.394 e. The maximum Gasteiger partial charge on any atom is 0.246 e. The predicted octanol–water partition coefficient (Wildman–Crippen LogP) is 2.22. The number of amides is 3. The largest absolute Gasteiger partial charge is 0.394 e. The highest BCUT2D eigenvalue weighted by Crippen LogP contribution is 2.60. The number of halogens is 1. The van der Waals surface area contributed by atoms with Crippen LogP contribution in [0, 0.1) is 23.2 Å². The Morgan fingerprint density at radius 1 is 1.24 bits per heavy atom. The molecule has 2 bridgehead atoms. The van der Waals surface area contributed by atoms with E-state index < -0.39 is 41.2 Å². The van der Waals surface area contributed by atoms with Crippen molar-refractivity contribution in [1.82, 2.24) is 15.5 Å². The number of hydrogen-bond donors (Lipinski definition) is 3. The predicted molar refractivity (Wildman–Crippen MR) is 133 cm³/mol. The van der Waals surface area contributed by atoms with Crippen molar-refractivity contribution in [3.8, 4) is 0 Å². The molecule has 194 valence electrons. The van der Waals surface area contributed by atoms with Gasteiger partial charge in [-0.05, 0) is 44.4 Å². The van der Waals surface area contributed by atoms with E-state index in [4.69, 9.17) is 4.74 Å². The third-order valence-corrected chi connectivity index (χ3v) is 8.15. The molecular weight excluding hydrogens is 502 g/mol. The second-order valence-corrected chi connectivity index (χ2v) is 13.8. The molecule has 3 saturated heterocycles. The van der Waals surface area contributed by atoms with E-state index in [1.165, 1.54) is 0 Å². The van der Waals surface area contributed by atoms with Crippen molar-refractivity contribution < 1.29 is 24.2 Å². The van der Waals surface area contributed by atoms with Crippen molar-refractivity contribution in [2.24, 2.45) is 23.2 Å². The molecule has 0 aromatic carbocycles. The van der Waals surface area contributed by atoms with Crippen LogP contribution in [0.1, 0.15) is 67.7 Å². The van der Waals surface area contributed by atoms with Gasteiger partial charge in [-0.1, -0.05) is 50.5 Å². The zero-order valence-electron chi connectivity index (χ0n) is 21.8. The zero-order valence-corrected chi connectivity index (χ0v) is 23.4. The first kappa shape index (κ1) is 27.4. The Kier molecular flexibility index (Phi) is 7.54. The van der Waals surface area contributed by atoms with Gasteiger partial charge in [-0.25, -0.2) is 0 Å². The summed E-state index contributed by atoms with van der Waals surface area (Å²) in [5.74, 6) is -2.05. The summed E-state index contributed by atoms with van der Waals surface area (Å²) in [4.78, 5) is 42.3. The minimum absolute atomic E-state index is 0.0123. The standard InChI is InChI=1S/C25H42BrN3O5/c1-13(2)9-14(11-30)29-19(21(32)28-24(6,7)12-23(3,4)5)25-10-15(26)18(34-25)16(20(31)27-8)17(25)22(29)33/h13-19,30H,9-12H2,1-8H3,(H,27,31)(H,28,32)/t14-,15?,16-,17+,18-,19?,25?/m1/s1. The fourth-order valence-electron chi connectivity index (χ4n) is 6.82. The van der Waals surface area contributed by atoms with E-state index in [1.807, 2.05) is 27.7 Å². The average molecular weight is 545 g/mol. The number of ether oxygens (including phenoxy) is 1. The SMILES string of the molecule is CNC(=O)[C@H]1[C@@H]2OC3(CC2Br)C(C(=O)NC(C)(C)CC(C)(C)C)N([C@@H](CO)CC(C)C)C(=O)[C@H]13. The van der Waals surface area contributed by atoms with Crippen LogP contribution in [-0.2, 0) is 19.1 Å². The van der Waals surface area contributed by atoms with Crippen molar-refractivity contribution in [1.29, 1.82) is 0 Å². The highest BCUT2D eigenvalue weighted by atomic mass is 79.9. The molecule has 3 aliphatic heterocycles. The molecule has 3 heterocycles. The quantitative estimate of drug-likeness (QED) is 0.407. The summed E-state index contributed by atoms with van der Waals surface area (Å²) in [7, 11) is 1.55. The molecule has 3 fully saturated rings. The molecule has 1 spiro atoms. The summed E-state index contributed by atoms with van der Waals surface area (Å²) in [6.45, 7) is 14.1. The van der Waals surface area contributed by atoms with Gasteiger partial charge in [0.25, 0.3) is 0 Å². The third kappa shape index (κ3) is 4.76. The van der Waals surface area contributed by atoms with Crippen molar-refractivity contribution in [3.05, 3.63) is 0 Å². The van der Waals surface area contributed by atoms with Crippen LogP contribution in [0.25, 0.3) is 0 Å². The fraction of sp³-hybridized carbons (Fsp3) is 0.880. The Bertz CT molecular complexity index is 826. The lowest BCUT2D eigenvalue weighted by molar-refractivity contribution is -0.146. The summed E-state index contributed by atoms with van der Waals surface area (Å²) in [5, 5.41) is 16.2. The molecule has 0 aliphatic carbocycles. The number of carbonyl (C=O) groups is 3. The first-order valence-electron chi connectivity index (χ1n) is 12.4. The number of aliphatic hydroxyl groups is 1. The van der Waals surface area contributed by atoms with Crippen LogP contribution in [0.2, 0.25) is 0 Å². The highest BCUT2D eigenvalue weighted by Gasteiger charge is 2.77. The van der Waals surface area contributed by atoms with Crippen LogP contribution in [0.15, 0.2) is 0 Å². The van der Waals surface area contributed by atoms with Crippen molar-refractivity contribution in [3.63, 3.8) is 0 Å². The summed E-state index contributed by atoms with van der Waals surface area (Å²) < 4.78 is 6.47. The van der Waals surface area contributed by atoms with E-state index in [0.29, 0.717) is 12.8 Å². The molecule has 3 amide bonds. The summed E-state index contributed by atoms with van der Waals surface area (Å²) in [5.41, 5.74) is -1.64. The Hall–Kier alpha value is -1.19. The normalized spacial score (nSPS) is 33.9. The summed E-state index contributed by atoms with van der Waals surface area (Å²) >= 11 is 3.66. The number of alkyl halides is 1. The van der Waals surface area contributed by atoms with Crippen molar-refractivity contribution in [2.75, 3.05) is 13.7 Å². The molecule has 0 aromatic rings. The van der Waals surface area contributed by atoms with Gasteiger partial charge in [-0.2, -0.15) is 0 Å². The van der Waals surface area contributed by atoms with E-state index in [1.54, 1.807) is 11.9 Å². The molecule has 3 unspecified atom stereocenters. The Morgan fingerprint density at radius 3 is 2.35 bits per heavy atom. The number of nitrogens with zero attached hydrogens (tertiary/aromatic N) is 1. The molecule has 8 nitrogen and oxygen atoms in total. The monoisotopic (exact) mass is 543 g/mol. The van der Waals surface area contributed by atoms with E-state index in [9.17, 15) is 19.5 Å². The van der Waals surface area contributed by atoms with Gasteiger partial charge in [0, 0.05) is 17.4 Å². The lowest BCUT2D eigenvalue weighted by atomic mass is 9.70. The molecular formula is C25H42BrN3O5. The lowest BCUT2D eigenvalue weighted by Crippen LogP contribution is -2.61. The number of nitrogens with one attached hydrogen (secondary N) is 2. The van der Waals surface area contributed by atoms with Gasteiger partial charge < -0.3 is 25.4 Å². The van der Waals surface area contributed by atoms with E-state index >= 15 is 0 Å². The van der Waals surface area contributed by atoms with Crippen LogP contribution in [0.5, 0.6) is 0 Å². The number of carbonyl (C=O) groups excluding carboxylic acids is 3. The molecule has 9 heteroatoms. The summed E-state index contributed by atoms with van der Waals surface area (Å²) in [6.07, 6.45) is 1.26. The second-order valence-electron chi connectivity index (χ2n) is 12.6. The molecule has 7 atom stereocenters. The average Bonchev–Trinajstić information content (AvgIpc) is 3.26. The van der Waals surface area contributed by atoms with Gasteiger partial charge in [-0.15, -0.1) is 0 Å². The molecule has 3 rings (SSSR count). The Labute approximate surface area is 212 Å². The zero-order chi connectivity index (χ0) is 25.8. The lowest BCUT2D eigenvalue weighted by Gasteiger charge is -2.40. The number of hydrogen-bond acceptors (Lipinski definition) is 5. The third-order valence-electron chi connectivity index (χ3n) is 7.31. The van der Waals surface area contributed by atoms with E-state index in [-0.39, 0.29) is 40.5 Å². The van der Waals surface area contributed by atoms with Crippen molar-refractivity contribution in [2.45, 2.75) is 102 Å². The maximum atomic E-state index is 14.0. The highest BCUT2D eigenvalue weighted by molar-refractivity contribution is 9.09. The first-order chi connectivity index (χ1) is 15.6. The van der Waals surface area contributed by atoms with Crippen LogP contribution >= 0.6 is 15.9 Å². The van der Waals surface area contributed by atoms with Gasteiger partial charge in [0.05, 0.1) is 30.6 Å². The number of aliphatic hydroxyl groups excluding tert-OH is 1. The van der Waals surface area contributed by atoms with Gasteiger partial charge >= 0.3 is 0 Å². The molecule has 0 aromatic heterocycles. The first-order valence-corrected chi connectivity index (χ1v) is 13.3. The second kappa shape index (κ2) is 9.36. The molecule has 34 heavy (non-hydrogen) atoms. The van der Waals surface area contributed by atoms with Gasteiger partial charge in [0.15, 0.2) is 0 Å². The van der Waals surface area contributed by atoms with Crippen LogP contribution in [0.3, 0.4) is 0 Å². The molecule has 3 N–H and O–H groups in total. The number of rotatable bonds is 8. The smallest absolute Gasteiger partial charge is 0.246 e. The number of likely N-dealkylation sites (tertiary alicyclic amines) is 1. The Balaban J connectivity index is 2.06. The maximum absolute atomic E-state index is 14.0. The van der Waals surface area contributed by atoms with Crippen LogP contribution < -0.4 is 10.6 Å². The fourth-order valence-corrected chi connectivity index (χ4v) is 7.76. The molecule has 0 radical (unpaired) electrons. The minimum atomic E-state index is -1.11. The summed E-state index contributed by atoms with van der Waals surface area (Å²) in [6, 6.07) is -1.45. The van der Waals surface area contributed by atoms with Gasteiger partial charge in [0.2, 0.25) is 17.7 Å².